The summed E-state index contributed by atoms with van der Waals surface area (Å²) in [6, 6.07) is -0.212. The molecular formula is C70H139NO13. The van der Waals surface area contributed by atoms with Crippen LogP contribution < -0.4 is 0 Å². The molecule has 0 saturated carbocycles. The molecule has 0 aromatic heterocycles. The molecule has 1 heterocycles. The van der Waals surface area contributed by atoms with Crippen LogP contribution in [-0.4, -0.2) is 98.9 Å². The maximum atomic E-state index is 12.6. The second-order valence-electron chi connectivity index (χ2n) is 21.1. The lowest BCUT2D eigenvalue weighted by Gasteiger charge is -2.39. The molecule has 502 valence electrons. The Hall–Kier alpha value is -3.71. The number of carbonyl (C=O) groups excluding carboxylic acids is 7. The van der Waals surface area contributed by atoms with Crippen LogP contribution in [-0.2, 0) is 57.2 Å². The minimum atomic E-state index is -0.561. The van der Waals surface area contributed by atoms with E-state index in [1.54, 1.807) is 4.90 Å². The van der Waals surface area contributed by atoms with Gasteiger partial charge in [0.1, 0.15) is 12.4 Å². The number of amides is 1. The van der Waals surface area contributed by atoms with E-state index < -0.39 is 29.9 Å². The quantitative estimate of drug-likeness (QED) is 0.0320. The SMILES string of the molecule is CC.CC.CC.CC.CCCC.CCCCCCCCOC(=O)CC(CC(=O)OCCCCCCCC)CC(=O)C(C)CC.CCCCCCCCOC(=O)CC(CC(=O)OCCCCCCCC)CC(=O)OCC1CCN1C(=O)OCCC. The molecule has 0 bridgehead atoms. The van der Waals surface area contributed by atoms with Gasteiger partial charge in [0.2, 0.25) is 0 Å². The molecule has 14 heteroatoms. The van der Waals surface area contributed by atoms with E-state index >= 15 is 0 Å². The van der Waals surface area contributed by atoms with Gasteiger partial charge >= 0.3 is 35.9 Å². The summed E-state index contributed by atoms with van der Waals surface area (Å²) in [6.07, 6.45) is 31.4. The number of nitrogens with zero attached hydrogens (tertiary/aromatic N) is 1. The second-order valence-corrected chi connectivity index (χ2v) is 21.1. The van der Waals surface area contributed by atoms with Crippen LogP contribution in [0.2, 0.25) is 0 Å². The van der Waals surface area contributed by atoms with Crippen molar-refractivity contribution >= 4 is 41.7 Å². The van der Waals surface area contributed by atoms with Crippen LogP contribution in [0.25, 0.3) is 0 Å². The highest BCUT2D eigenvalue weighted by Gasteiger charge is 2.35. The number of carbonyl (C=O) groups is 7. The number of Topliss-reactive ketones (excluding diaryl/α,β-unsaturated/α-hetero) is 1. The van der Waals surface area contributed by atoms with Crippen LogP contribution in [0.15, 0.2) is 0 Å². The predicted molar refractivity (Wildman–Crippen MR) is 350 cm³/mol. The Balaban J connectivity index is -0.000000310. The summed E-state index contributed by atoms with van der Waals surface area (Å²) >= 11 is 0. The number of likely N-dealkylation sites (tertiary alicyclic amines) is 1. The predicted octanol–water partition coefficient (Wildman–Crippen LogP) is 19.9. The highest BCUT2D eigenvalue weighted by Crippen LogP contribution is 2.23. The molecule has 1 fully saturated rings. The van der Waals surface area contributed by atoms with Gasteiger partial charge < -0.3 is 33.3 Å². The number of rotatable bonds is 47. The normalized spacial score (nSPS) is 12.1. The molecule has 84 heavy (non-hydrogen) atoms. The average molecular weight is 1200 g/mol. The first-order chi connectivity index (χ1) is 40.8. The molecule has 0 N–H and O–H groups in total. The minimum Gasteiger partial charge on any atom is -0.466 e. The summed E-state index contributed by atoms with van der Waals surface area (Å²) in [4.78, 5) is 88.2. The number of ketones is 1. The van der Waals surface area contributed by atoms with Gasteiger partial charge in [-0.25, -0.2) is 4.79 Å². The Morgan fingerprint density at radius 2 is 0.631 bits per heavy atom. The smallest absolute Gasteiger partial charge is 0.410 e. The molecule has 0 spiro atoms. The fourth-order valence-corrected chi connectivity index (χ4v) is 8.21. The third-order valence-corrected chi connectivity index (χ3v) is 13.7. The van der Waals surface area contributed by atoms with Crippen molar-refractivity contribution in [3.05, 3.63) is 0 Å². The zero-order valence-corrected chi connectivity index (χ0v) is 58.3. The summed E-state index contributed by atoms with van der Waals surface area (Å²) in [6.45, 7) is 37.4. The third-order valence-electron chi connectivity index (χ3n) is 13.7. The second kappa shape index (κ2) is 75.4. The lowest BCUT2D eigenvalue weighted by Crippen LogP contribution is -2.53. The minimum absolute atomic E-state index is 0.0457. The van der Waals surface area contributed by atoms with E-state index in [-0.39, 0.29) is 80.7 Å². The number of esters is 5. The van der Waals surface area contributed by atoms with Crippen molar-refractivity contribution in [2.45, 2.75) is 348 Å². The fourth-order valence-electron chi connectivity index (χ4n) is 8.21. The maximum Gasteiger partial charge on any atom is 0.410 e. The Labute approximate surface area is 519 Å². The molecule has 2 unspecified atom stereocenters. The summed E-state index contributed by atoms with van der Waals surface area (Å²) < 4.78 is 32.1. The van der Waals surface area contributed by atoms with Gasteiger partial charge in [-0.1, -0.05) is 259 Å². The van der Waals surface area contributed by atoms with Gasteiger partial charge in [-0.2, -0.15) is 0 Å². The van der Waals surface area contributed by atoms with E-state index in [1.807, 2.05) is 76.2 Å². The highest BCUT2D eigenvalue weighted by molar-refractivity contribution is 5.82. The Kier molecular flexibility index (Phi) is 82.1. The van der Waals surface area contributed by atoms with Crippen LogP contribution in [0.3, 0.4) is 0 Å². The van der Waals surface area contributed by atoms with Gasteiger partial charge in [0.15, 0.2) is 0 Å². The highest BCUT2D eigenvalue weighted by atomic mass is 16.6. The van der Waals surface area contributed by atoms with Gasteiger partial charge in [-0.15, -0.1) is 0 Å². The van der Waals surface area contributed by atoms with Crippen LogP contribution in [0.5, 0.6) is 0 Å². The van der Waals surface area contributed by atoms with E-state index in [0.717, 1.165) is 83.5 Å². The first-order valence-electron chi connectivity index (χ1n) is 35.0. The molecule has 0 aliphatic carbocycles. The molecule has 1 aliphatic rings. The summed E-state index contributed by atoms with van der Waals surface area (Å²) in [5.74, 6) is -2.84. The van der Waals surface area contributed by atoms with Gasteiger partial charge in [0, 0.05) is 51.0 Å². The number of ether oxygens (including phenoxy) is 6. The molecule has 1 saturated heterocycles. The topological polar surface area (TPSA) is 178 Å². The van der Waals surface area contributed by atoms with Crippen LogP contribution in [0.4, 0.5) is 4.79 Å². The fraction of sp³-hybridized carbons (Fsp3) is 0.900. The van der Waals surface area contributed by atoms with E-state index in [4.69, 9.17) is 28.4 Å². The summed E-state index contributed by atoms with van der Waals surface area (Å²) in [5, 5.41) is 0. The van der Waals surface area contributed by atoms with E-state index in [9.17, 15) is 33.6 Å². The Morgan fingerprint density at radius 3 is 0.893 bits per heavy atom. The van der Waals surface area contributed by atoms with Gasteiger partial charge in [0.25, 0.3) is 0 Å². The van der Waals surface area contributed by atoms with Crippen molar-refractivity contribution in [3.63, 3.8) is 0 Å². The lowest BCUT2D eigenvalue weighted by molar-refractivity contribution is -0.152. The number of unbranched alkanes of at least 4 members (excludes halogenated alkanes) is 21. The molecule has 1 amide bonds. The lowest BCUT2D eigenvalue weighted by atomic mass is 9.90. The maximum absolute atomic E-state index is 12.6. The van der Waals surface area contributed by atoms with Crippen molar-refractivity contribution in [3.8, 4) is 0 Å². The summed E-state index contributed by atoms with van der Waals surface area (Å²) in [7, 11) is 0. The van der Waals surface area contributed by atoms with Crippen molar-refractivity contribution in [1.29, 1.82) is 0 Å². The summed E-state index contributed by atoms with van der Waals surface area (Å²) in [5.41, 5.74) is 0. The number of hydrogen-bond acceptors (Lipinski definition) is 13. The third kappa shape index (κ3) is 64.3. The van der Waals surface area contributed by atoms with Gasteiger partial charge in [-0.3, -0.25) is 28.8 Å². The van der Waals surface area contributed by atoms with Gasteiger partial charge in [-0.05, 0) is 56.8 Å². The van der Waals surface area contributed by atoms with E-state index in [2.05, 4.69) is 41.5 Å². The first-order valence-corrected chi connectivity index (χ1v) is 35.0. The first kappa shape index (κ1) is 91.5. The molecule has 14 nitrogen and oxygen atoms in total. The van der Waals surface area contributed by atoms with Crippen molar-refractivity contribution in [1.82, 2.24) is 4.90 Å². The van der Waals surface area contributed by atoms with Crippen molar-refractivity contribution < 1.29 is 62.0 Å². The van der Waals surface area contributed by atoms with E-state index in [1.165, 1.54) is 103 Å². The zero-order chi connectivity index (χ0) is 64.9. The Bertz CT molecular complexity index is 1380. The molecular weight excluding hydrogens is 1060 g/mol. The molecule has 1 aliphatic heterocycles. The molecule has 0 radical (unpaired) electrons. The zero-order valence-electron chi connectivity index (χ0n) is 58.3. The largest absolute Gasteiger partial charge is 0.466 e. The van der Waals surface area contributed by atoms with E-state index in [0.29, 0.717) is 39.6 Å². The van der Waals surface area contributed by atoms with Gasteiger partial charge in [0.05, 0.1) is 39.1 Å². The molecule has 0 aromatic rings. The monoisotopic (exact) mass is 1200 g/mol. The molecule has 0 aromatic carbocycles. The molecule has 1 rings (SSSR count). The standard InChI is InChI=1S/C31H55NO8.C27H50O5.C4H10.4C2H6/c1-4-7-9-11-13-15-20-37-28(33)22-26(23-29(34)38-21-16-14-12-10-8-5-2)24-30(35)40-25-27-17-18-32(27)31(36)39-19-6-3;1-5-8-10-12-14-16-18-31-26(29)21-24(20-25(28)23(4)7-3)22-27(30)32-19-17-15-13-11-9-6-2;1-3-4-2;4*1-2/h26-27H,4-25H2,1-3H3;23-24H,5-22H2,1-4H3;3-4H2,1-2H3;4*1-2H3. The molecule has 2 atom stereocenters. The Morgan fingerprint density at radius 1 is 0.345 bits per heavy atom. The van der Waals surface area contributed by atoms with Crippen molar-refractivity contribution in [2.75, 3.05) is 46.2 Å². The van der Waals surface area contributed by atoms with Crippen LogP contribution >= 0.6 is 0 Å². The van der Waals surface area contributed by atoms with Crippen LogP contribution in [0, 0.1) is 17.8 Å². The average Bonchev–Trinajstić information content (AvgIpc) is 3.57. The van der Waals surface area contributed by atoms with Crippen molar-refractivity contribution in [2.24, 2.45) is 17.8 Å². The van der Waals surface area contributed by atoms with Crippen LogP contribution in [0.1, 0.15) is 342 Å². The number of hydrogen-bond donors (Lipinski definition) is 0.